The van der Waals surface area contributed by atoms with Gasteiger partial charge in [0, 0.05) is 38.5 Å². The molecular weight excluding hydrogens is 342 g/mol. The van der Waals surface area contributed by atoms with Gasteiger partial charge in [0.25, 0.3) is 0 Å². The van der Waals surface area contributed by atoms with Crippen LogP contribution >= 0.6 is 0 Å². The predicted molar refractivity (Wildman–Crippen MR) is 104 cm³/mol. The lowest BCUT2D eigenvalue weighted by Crippen LogP contribution is -2.28. The van der Waals surface area contributed by atoms with E-state index in [0.29, 0.717) is 25.8 Å². The molecule has 0 saturated heterocycles. The predicted octanol–water partition coefficient (Wildman–Crippen LogP) is 3.28. The molecule has 2 aromatic carbocycles. The van der Waals surface area contributed by atoms with E-state index in [-0.39, 0.29) is 12.3 Å². The second-order valence-corrected chi connectivity index (χ2v) is 6.50. The zero-order valence-corrected chi connectivity index (χ0v) is 15.3. The summed E-state index contributed by atoms with van der Waals surface area (Å²) in [4.78, 5) is 29.3. The highest BCUT2D eigenvalue weighted by Gasteiger charge is 2.15. The number of imidazole rings is 1. The fourth-order valence-corrected chi connectivity index (χ4v) is 3.11. The topological polar surface area (TPSA) is 75.4 Å². The van der Waals surface area contributed by atoms with E-state index in [1.807, 2.05) is 54.6 Å². The molecule has 1 aromatic heterocycles. The maximum Gasteiger partial charge on any atom is 0.303 e. The number of hydrogen-bond acceptors (Lipinski definition) is 3. The van der Waals surface area contributed by atoms with Crippen molar-refractivity contribution in [1.29, 1.82) is 0 Å². The molecule has 0 radical (unpaired) electrons. The zero-order chi connectivity index (χ0) is 19.2. The van der Waals surface area contributed by atoms with Crippen LogP contribution in [0.25, 0.3) is 16.7 Å². The van der Waals surface area contributed by atoms with Gasteiger partial charge in [0.2, 0.25) is 5.91 Å². The molecule has 3 aromatic rings. The zero-order valence-electron chi connectivity index (χ0n) is 15.3. The molecule has 6 nitrogen and oxygen atoms in total. The van der Waals surface area contributed by atoms with Crippen molar-refractivity contribution in [2.75, 3.05) is 13.6 Å². The normalized spacial score (nSPS) is 10.9. The number of carbonyl (C=O) groups is 2. The number of rotatable bonds is 8. The molecule has 27 heavy (non-hydrogen) atoms. The van der Waals surface area contributed by atoms with Gasteiger partial charge < -0.3 is 10.0 Å². The van der Waals surface area contributed by atoms with Crippen LogP contribution in [0.1, 0.15) is 25.1 Å². The SMILES string of the molecule is CN(CCCC(=O)O)C(=O)CCc1nc2ccccc2n1-c1ccccc1. The third-order valence-corrected chi connectivity index (χ3v) is 4.52. The first-order valence-corrected chi connectivity index (χ1v) is 9.04. The number of aliphatic carboxylic acids is 1. The summed E-state index contributed by atoms with van der Waals surface area (Å²) in [6.45, 7) is 0.445. The van der Waals surface area contributed by atoms with E-state index in [1.54, 1.807) is 11.9 Å². The first-order chi connectivity index (χ1) is 13.1. The largest absolute Gasteiger partial charge is 0.481 e. The number of amides is 1. The summed E-state index contributed by atoms with van der Waals surface area (Å²) in [6.07, 6.45) is 1.38. The highest BCUT2D eigenvalue weighted by atomic mass is 16.4. The summed E-state index contributed by atoms with van der Waals surface area (Å²) in [6, 6.07) is 17.9. The molecule has 0 unspecified atom stereocenters. The van der Waals surface area contributed by atoms with Gasteiger partial charge >= 0.3 is 5.97 Å². The Balaban J connectivity index is 1.75. The lowest BCUT2D eigenvalue weighted by Gasteiger charge is -2.16. The van der Waals surface area contributed by atoms with Crippen LogP contribution in [0.15, 0.2) is 54.6 Å². The molecule has 0 saturated carbocycles. The Hall–Kier alpha value is -3.15. The molecule has 0 atom stereocenters. The third kappa shape index (κ3) is 4.53. The quantitative estimate of drug-likeness (QED) is 0.665. The van der Waals surface area contributed by atoms with Gasteiger partial charge in [0.15, 0.2) is 0 Å². The van der Waals surface area contributed by atoms with Gasteiger partial charge in [-0.05, 0) is 30.7 Å². The second-order valence-electron chi connectivity index (χ2n) is 6.50. The molecule has 6 heteroatoms. The Morgan fingerprint density at radius 3 is 2.48 bits per heavy atom. The van der Waals surface area contributed by atoms with E-state index in [0.717, 1.165) is 22.5 Å². The van der Waals surface area contributed by atoms with E-state index in [1.165, 1.54) is 0 Å². The highest BCUT2D eigenvalue weighted by molar-refractivity contribution is 5.79. The maximum absolute atomic E-state index is 12.4. The number of nitrogens with zero attached hydrogens (tertiary/aromatic N) is 3. The summed E-state index contributed by atoms with van der Waals surface area (Å²) in [5.41, 5.74) is 2.93. The Labute approximate surface area is 158 Å². The number of para-hydroxylation sites is 3. The summed E-state index contributed by atoms with van der Waals surface area (Å²) in [7, 11) is 1.71. The van der Waals surface area contributed by atoms with E-state index in [2.05, 4.69) is 4.57 Å². The molecule has 0 aliphatic rings. The summed E-state index contributed by atoms with van der Waals surface area (Å²) in [5, 5.41) is 8.71. The first-order valence-electron chi connectivity index (χ1n) is 9.04. The molecule has 0 aliphatic heterocycles. The average molecular weight is 365 g/mol. The standard InChI is InChI=1S/C21H23N3O3/c1-23(15-7-12-21(26)27)20(25)14-13-19-22-17-10-5-6-11-18(17)24(19)16-8-3-2-4-9-16/h2-6,8-11H,7,12-15H2,1H3,(H,26,27). The van der Waals surface area contributed by atoms with Gasteiger partial charge in [-0.25, -0.2) is 4.98 Å². The van der Waals surface area contributed by atoms with E-state index >= 15 is 0 Å². The van der Waals surface area contributed by atoms with E-state index in [9.17, 15) is 9.59 Å². The van der Waals surface area contributed by atoms with Crippen molar-refractivity contribution < 1.29 is 14.7 Å². The maximum atomic E-state index is 12.4. The summed E-state index contributed by atoms with van der Waals surface area (Å²) < 4.78 is 2.09. The van der Waals surface area contributed by atoms with Gasteiger partial charge in [0.1, 0.15) is 5.82 Å². The molecule has 1 heterocycles. The minimum atomic E-state index is -0.840. The van der Waals surface area contributed by atoms with Crippen molar-refractivity contribution in [2.45, 2.75) is 25.7 Å². The Bertz CT molecular complexity index is 934. The van der Waals surface area contributed by atoms with Crippen LogP contribution in [0, 0.1) is 0 Å². The molecule has 1 amide bonds. The monoisotopic (exact) mass is 365 g/mol. The smallest absolute Gasteiger partial charge is 0.303 e. The minimum Gasteiger partial charge on any atom is -0.481 e. The number of aromatic nitrogens is 2. The fourth-order valence-electron chi connectivity index (χ4n) is 3.11. The Kier molecular flexibility index (Phi) is 5.86. The number of fused-ring (bicyclic) bond motifs is 1. The molecule has 0 bridgehead atoms. The van der Waals surface area contributed by atoms with Crippen molar-refractivity contribution in [3.8, 4) is 5.69 Å². The van der Waals surface area contributed by atoms with Crippen LogP contribution < -0.4 is 0 Å². The lowest BCUT2D eigenvalue weighted by atomic mass is 10.2. The van der Waals surface area contributed by atoms with Crippen molar-refractivity contribution in [1.82, 2.24) is 14.5 Å². The van der Waals surface area contributed by atoms with Gasteiger partial charge in [-0.2, -0.15) is 0 Å². The number of aryl methyl sites for hydroxylation is 1. The van der Waals surface area contributed by atoms with Crippen LogP contribution in [-0.2, 0) is 16.0 Å². The second kappa shape index (κ2) is 8.49. The number of carboxylic acids is 1. The number of benzene rings is 2. The molecule has 0 fully saturated rings. The van der Waals surface area contributed by atoms with Gasteiger partial charge in [-0.15, -0.1) is 0 Å². The molecule has 0 aliphatic carbocycles. The Morgan fingerprint density at radius 1 is 1.04 bits per heavy atom. The minimum absolute atomic E-state index is 0.00736. The van der Waals surface area contributed by atoms with Crippen LogP contribution in [0.5, 0.6) is 0 Å². The Morgan fingerprint density at radius 2 is 1.74 bits per heavy atom. The number of carbonyl (C=O) groups excluding carboxylic acids is 1. The molecular formula is C21H23N3O3. The van der Waals surface area contributed by atoms with Crippen molar-refractivity contribution in [2.24, 2.45) is 0 Å². The lowest BCUT2D eigenvalue weighted by molar-refractivity contribution is -0.138. The highest BCUT2D eigenvalue weighted by Crippen LogP contribution is 2.22. The van der Waals surface area contributed by atoms with Crippen molar-refractivity contribution in [3.05, 3.63) is 60.4 Å². The first kappa shape index (κ1) is 18.6. The van der Waals surface area contributed by atoms with Crippen molar-refractivity contribution in [3.63, 3.8) is 0 Å². The molecule has 140 valence electrons. The molecule has 3 rings (SSSR count). The number of hydrogen-bond donors (Lipinski definition) is 1. The van der Waals surface area contributed by atoms with Crippen LogP contribution in [-0.4, -0.2) is 45.0 Å². The van der Waals surface area contributed by atoms with E-state index < -0.39 is 5.97 Å². The summed E-state index contributed by atoms with van der Waals surface area (Å²) in [5.74, 6) is -0.00540. The van der Waals surface area contributed by atoms with Gasteiger partial charge in [0.05, 0.1) is 11.0 Å². The van der Waals surface area contributed by atoms with Crippen LogP contribution in [0.2, 0.25) is 0 Å². The van der Waals surface area contributed by atoms with Gasteiger partial charge in [-0.1, -0.05) is 30.3 Å². The van der Waals surface area contributed by atoms with Crippen LogP contribution in [0.4, 0.5) is 0 Å². The van der Waals surface area contributed by atoms with Crippen LogP contribution in [0.3, 0.4) is 0 Å². The summed E-state index contributed by atoms with van der Waals surface area (Å²) >= 11 is 0. The molecule has 1 N–H and O–H groups in total. The average Bonchev–Trinajstić information content (AvgIpc) is 3.04. The van der Waals surface area contributed by atoms with E-state index in [4.69, 9.17) is 10.1 Å². The molecule has 0 spiro atoms. The van der Waals surface area contributed by atoms with Crippen molar-refractivity contribution >= 4 is 22.9 Å². The van der Waals surface area contributed by atoms with Gasteiger partial charge in [-0.3, -0.25) is 14.2 Å². The fraction of sp³-hybridized carbons (Fsp3) is 0.286. The third-order valence-electron chi connectivity index (χ3n) is 4.52. The number of carboxylic acid groups (broad SMARTS) is 1.